The molecule has 0 N–H and O–H groups in total. The Morgan fingerprint density at radius 3 is 0.833 bits per heavy atom. The monoisotopic (exact) mass is 172 g/mol. The molecule has 2 nitrogen and oxygen atoms in total. The van der Waals surface area contributed by atoms with Crippen LogP contribution in [0, 0.1) is 23.7 Å². The van der Waals surface area contributed by atoms with Gasteiger partial charge in [-0.2, -0.15) is 0 Å². The first kappa shape index (κ1) is 35.7. The van der Waals surface area contributed by atoms with Crippen molar-refractivity contribution < 1.29 is 36.5 Å². The summed E-state index contributed by atoms with van der Waals surface area (Å²) in [4.78, 5) is 0. The number of hydrogen-bond donors (Lipinski definition) is 0. The average molecular weight is 173 g/mol. The Kier molecular flexibility index (Phi) is 34300. The molecule has 0 aliphatic carbocycles. The molecule has 4 heteroatoms. The summed E-state index contributed by atoms with van der Waals surface area (Å²) in [5, 5.41) is 12.5. The van der Waals surface area contributed by atoms with Crippen LogP contribution >= 0.6 is 0 Å². The second-order valence-corrected chi connectivity index (χ2v) is 0. The van der Waals surface area contributed by atoms with Gasteiger partial charge in [0.1, 0.15) is 0 Å². The summed E-state index contributed by atoms with van der Waals surface area (Å²) in [6.07, 6.45) is 0. The van der Waals surface area contributed by atoms with E-state index in [1.807, 2.05) is 0 Å². The van der Waals surface area contributed by atoms with Crippen LogP contribution in [-0.4, -0.2) is 0 Å². The van der Waals surface area contributed by atoms with Crippen LogP contribution in [0.25, 0.3) is 0 Å². The molecule has 0 atom stereocenters. The Hall–Kier alpha value is 0.123. The second kappa shape index (κ2) is 5770. The molecule has 0 spiro atoms. The van der Waals surface area contributed by atoms with Gasteiger partial charge >= 0.3 is 17.1 Å². The Labute approximate surface area is 60.4 Å². The molecule has 0 aromatic rings. The minimum Gasteiger partial charge on any atom is -0.512 e. The van der Waals surface area contributed by atoms with Gasteiger partial charge in [0, 0.05) is 19.5 Å². The van der Waals surface area contributed by atoms with Gasteiger partial charge in [-0.3, -0.25) is 0 Å². The summed E-state index contributed by atoms with van der Waals surface area (Å²) in [6.45, 7) is 9.50. The minimum atomic E-state index is 0. The predicted octanol–water partition coefficient (Wildman–Crippen LogP) is 0.188. The minimum absolute atomic E-state index is 0. The van der Waals surface area contributed by atoms with Crippen molar-refractivity contribution in [3.05, 3.63) is 13.1 Å². The van der Waals surface area contributed by atoms with Crippen molar-refractivity contribution in [1.82, 2.24) is 0 Å². The largest absolute Gasteiger partial charge is 2.00 e. The maximum absolute atomic E-state index is 6.25. The molecule has 0 unspecified atom stereocenters. The van der Waals surface area contributed by atoms with Gasteiger partial charge in [0.05, 0.1) is 0 Å². The average Bonchev–Trinajstić information content (AvgIpc) is 1.50. The first-order chi connectivity index (χ1) is 2.00. The normalized spacial score (nSPS) is 0.667. The van der Waals surface area contributed by atoms with E-state index in [-0.39, 0.29) is 36.5 Å². The van der Waals surface area contributed by atoms with Crippen LogP contribution in [0.15, 0.2) is 0 Å². The molecule has 0 aliphatic rings. The fourth-order valence-corrected chi connectivity index (χ4v) is 0. The van der Waals surface area contributed by atoms with Crippen LogP contribution < -0.4 is 0 Å². The number of hydrogen-bond acceptors (Lipinski definition) is 2. The maximum Gasteiger partial charge on any atom is 2.00 e. The predicted molar refractivity (Wildman–Crippen MR) is 9.94 cm³/mol. The molecular formula is C2FeN2Zn. The van der Waals surface area contributed by atoms with Gasteiger partial charge in [0.2, 0.25) is 0 Å². The molecule has 0 aliphatic heterocycles. The van der Waals surface area contributed by atoms with Crippen LogP contribution in [-0.2, 0) is 36.5 Å². The molecule has 0 rings (SSSR count). The number of rotatable bonds is 0. The molecule has 0 aromatic carbocycles. The summed E-state index contributed by atoms with van der Waals surface area (Å²) in [5.41, 5.74) is 0. The molecule has 0 bridgehead atoms. The third-order valence-corrected chi connectivity index (χ3v) is 0. The summed E-state index contributed by atoms with van der Waals surface area (Å²) < 4.78 is 0. The molecule has 0 heterocycles. The maximum atomic E-state index is 6.25. The number of nitrogens with zero attached hydrogens (tertiary/aromatic N) is 2. The molecule has 0 aromatic heterocycles. The van der Waals surface area contributed by atoms with E-state index < -0.39 is 0 Å². The summed E-state index contributed by atoms with van der Waals surface area (Å²) in [5.74, 6) is 0. The van der Waals surface area contributed by atoms with E-state index >= 15 is 0 Å². The zero-order valence-corrected chi connectivity index (χ0v) is 7.03. The van der Waals surface area contributed by atoms with E-state index in [1.165, 1.54) is 0 Å². The van der Waals surface area contributed by atoms with Crippen molar-refractivity contribution in [2.24, 2.45) is 0 Å². The van der Waals surface area contributed by atoms with Crippen molar-refractivity contribution in [3.8, 4) is 0 Å². The fraction of sp³-hybridized carbons (Fsp3) is 0. The molecule has 6 heavy (non-hydrogen) atoms. The van der Waals surface area contributed by atoms with Gasteiger partial charge in [-0.1, -0.05) is 0 Å². The zero-order chi connectivity index (χ0) is 4.00. The van der Waals surface area contributed by atoms with E-state index in [4.69, 9.17) is 23.7 Å². The van der Waals surface area contributed by atoms with Gasteiger partial charge in [0.15, 0.2) is 0 Å². The van der Waals surface area contributed by atoms with Crippen molar-refractivity contribution in [2.45, 2.75) is 0 Å². The molecule has 0 saturated carbocycles. The molecule has 0 fully saturated rings. The SMILES string of the molecule is [C-]#N.[C-]#N.[Fe+2].[Zn]. The third kappa shape index (κ3) is 2660. The van der Waals surface area contributed by atoms with E-state index in [0.717, 1.165) is 0 Å². The van der Waals surface area contributed by atoms with E-state index in [9.17, 15) is 0 Å². The Morgan fingerprint density at radius 1 is 0.833 bits per heavy atom. The standard InChI is InChI=1S/2CN.Fe.Zn/c2*1-2;;/q2*-1;+2;. The van der Waals surface area contributed by atoms with E-state index in [1.54, 1.807) is 0 Å². The molecular weight excluding hydrogens is 173 g/mol. The zero-order valence-electron chi connectivity index (χ0n) is 2.96. The quantitative estimate of drug-likeness (QED) is 0.388. The fourth-order valence-electron chi connectivity index (χ4n) is 0. The summed E-state index contributed by atoms with van der Waals surface area (Å²) in [6, 6.07) is 0. The van der Waals surface area contributed by atoms with Crippen molar-refractivity contribution >= 4 is 0 Å². The van der Waals surface area contributed by atoms with E-state index in [2.05, 4.69) is 0 Å². The van der Waals surface area contributed by atoms with Crippen LogP contribution in [0.4, 0.5) is 0 Å². The van der Waals surface area contributed by atoms with Crippen LogP contribution in [0.5, 0.6) is 0 Å². The van der Waals surface area contributed by atoms with Crippen LogP contribution in [0.2, 0.25) is 0 Å². The van der Waals surface area contributed by atoms with Gasteiger partial charge in [-0.15, -0.1) is 0 Å². The molecule has 28 valence electrons. The third-order valence-electron chi connectivity index (χ3n) is 0. The first-order valence-corrected chi connectivity index (χ1v) is 0.447. The van der Waals surface area contributed by atoms with Gasteiger partial charge < -0.3 is 23.7 Å². The smallest absolute Gasteiger partial charge is 0.512 e. The molecule has 0 radical (unpaired) electrons. The van der Waals surface area contributed by atoms with Gasteiger partial charge in [0.25, 0.3) is 0 Å². The molecule has 0 saturated heterocycles. The topological polar surface area (TPSA) is 47.6 Å². The Morgan fingerprint density at radius 2 is 0.833 bits per heavy atom. The van der Waals surface area contributed by atoms with Crippen molar-refractivity contribution in [1.29, 1.82) is 10.5 Å². The second-order valence-electron chi connectivity index (χ2n) is 0. The summed E-state index contributed by atoms with van der Waals surface area (Å²) in [7, 11) is 0. The first-order valence-electron chi connectivity index (χ1n) is 0.447. The van der Waals surface area contributed by atoms with Crippen LogP contribution in [0.1, 0.15) is 0 Å². The van der Waals surface area contributed by atoms with E-state index in [0.29, 0.717) is 0 Å². The Balaban J connectivity index is -0.00000000500. The summed E-state index contributed by atoms with van der Waals surface area (Å²) >= 11 is 0. The van der Waals surface area contributed by atoms with Crippen LogP contribution in [0.3, 0.4) is 0 Å². The Bertz CT molecular complexity index is 27.0. The van der Waals surface area contributed by atoms with Gasteiger partial charge in [-0.25, -0.2) is 0 Å². The van der Waals surface area contributed by atoms with Gasteiger partial charge in [-0.05, 0) is 0 Å². The molecule has 0 amide bonds. The van der Waals surface area contributed by atoms with Crippen molar-refractivity contribution in [3.63, 3.8) is 0 Å². The van der Waals surface area contributed by atoms with Crippen molar-refractivity contribution in [2.75, 3.05) is 0 Å².